The monoisotopic (exact) mass is 1060 g/mol. The predicted molar refractivity (Wildman–Crippen MR) is 301 cm³/mol. The van der Waals surface area contributed by atoms with Crippen molar-refractivity contribution < 1.29 is 9.30 Å². The summed E-state index contributed by atoms with van der Waals surface area (Å²) in [5.41, 5.74) is 17.6. The fourth-order valence-corrected chi connectivity index (χ4v) is 12.9. The summed E-state index contributed by atoms with van der Waals surface area (Å²) in [6, 6.07) is 70.6. The number of hydrogen-bond donors (Lipinski definition) is 0. The Labute approximate surface area is 435 Å². The molecule has 0 radical (unpaired) electrons. The molecule has 3 heterocycles. The van der Waals surface area contributed by atoms with Crippen molar-refractivity contribution in [3.63, 3.8) is 0 Å². The quantitative estimate of drug-likeness (QED) is 0.112. The molecule has 356 valence electrons. The number of rotatable bonds is 8. The molecule has 0 fully saturated rings. The second-order valence-electron chi connectivity index (χ2n) is 22.1. The van der Waals surface area contributed by atoms with E-state index >= 15 is 0 Å². The van der Waals surface area contributed by atoms with Crippen molar-refractivity contribution >= 4 is 56.4 Å². The molecular weight excluding hydrogens is 992 g/mol. The second-order valence-corrected chi connectivity index (χ2v) is 25.2. The van der Waals surface area contributed by atoms with Crippen LogP contribution in [0.1, 0.15) is 79.0 Å². The molecule has 2 aromatic heterocycles. The fourth-order valence-electron chi connectivity index (χ4n) is 9.78. The summed E-state index contributed by atoms with van der Waals surface area (Å²) < 4.78 is 14.3. The fraction of sp³-hybridized carbons (Fsp3) is 0.182. The Bertz CT molecular complexity index is 3620. The Kier molecular flexibility index (Phi) is 12.1. The molecule has 72 heavy (non-hydrogen) atoms. The second kappa shape index (κ2) is 18.4. The largest absolute Gasteiger partial charge is 0.0561 e. The third kappa shape index (κ3) is 9.15. The number of imidazole rings is 1. The number of benzene rings is 8. The Morgan fingerprint density at radius 3 is 1.81 bits per heavy atom. The molecule has 0 unspecified atom stereocenters. The van der Waals surface area contributed by atoms with Gasteiger partial charge >= 0.3 is 280 Å². The first-order valence-electron chi connectivity index (χ1n) is 25.0. The number of ether oxygens (including phenoxy) is 1. The summed E-state index contributed by atoms with van der Waals surface area (Å²) in [5, 5.41) is 0. The standard InChI is InChI=1S/C66H61N4OTe/c1-64(2,3)48-34-35-67-62(40-48)70-58-32-30-46(44-20-12-10-13-21-44)38-61(58)72-60-33-31-53(42-59(60)70)71-52-25-18-24-51(41-52)68-43-69(57-29-17-16-28-56(57)68)63-54(45-22-14-11-15-23-45)26-19-27-55(63)47-36-49(65(4,5)6)39-50(37-47)66(7,8)9/h10-43H,1-9H3/q+1. The third-order valence-electron chi connectivity index (χ3n) is 13.8. The first-order chi connectivity index (χ1) is 34.6. The number of fused-ring (bicyclic) bond motifs is 3. The van der Waals surface area contributed by atoms with E-state index in [4.69, 9.17) is 9.72 Å². The maximum absolute atomic E-state index is 6.92. The number of hydrogen-bond acceptors (Lipinski definition) is 3. The molecule has 0 spiro atoms. The van der Waals surface area contributed by atoms with Crippen LogP contribution < -0.4 is 21.4 Å². The van der Waals surface area contributed by atoms with Crippen LogP contribution in [0.25, 0.3) is 55.8 Å². The molecular formula is C66H61N4OTe+. The van der Waals surface area contributed by atoms with Crippen molar-refractivity contribution in [3.8, 4) is 56.3 Å². The van der Waals surface area contributed by atoms with E-state index in [-0.39, 0.29) is 16.2 Å². The normalized spacial score (nSPS) is 12.7. The van der Waals surface area contributed by atoms with Gasteiger partial charge in [-0.15, -0.1) is 0 Å². The molecule has 1 aliphatic heterocycles. The van der Waals surface area contributed by atoms with Gasteiger partial charge in [0.15, 0.2) is 0 Å². The van der Waals surface area contributed by atoms with Crippen LogP contribution in [0.5, 0.6) is 11.5 Å². The van der Waals surface area contributed by atoms with Gasteiger partial charge in [-0.2, -0.15) is 0 Å². The summed E-state index contributed by atoms with van der Waals surface area (Å²) in [4.78, 5) is 7.38. The van der Waals surface area contributed by atoms with Crippen molar-refractivity contribution in [2.45, 2.75) is 78.6 Å². The summed E-state index contributed by atoms with van der Waals surface area (Å²) in [5.74, 6) is 2.45. The number of anilines is 3. The Hall–Kier alpha value is -7.23. The average Bonchev–Trinajstić information content (AvgIpc) is 3.77. The summed E-state index contributed by atoms with van der Waals surface area (Å²) in [6.07, 6.45) is 4.21. The maximum Gasteiger partial charge on any atom is -0.0132 e. The molecule has 10 aromatic rings. The minimum Gasteiger partial charge on any atom is -0.0561 e. The molecule has 6 heteroatoms. The van der Waals surface area contributed by atoms with Gasteiger partial charge < -0.3 is 0 Å². The van der Waals surface area contributed by atoms with Crippen LogP contribution in [0.4, 0.5) is 17.2 Å². The van der Waals surface area contributed by atoms with Crippen LogP contribution in [0.15, 0.2) is 207 Å². The van der Waals surface area contributed by atoms with E-state index in [0.717, 1.165) is 45.4 Å². The Balaban J connectivity index is 1.01. The predicted octanol–water partition coefficient (Wildman–Crippen LogP) is 15.4. The Morgan fingerprint density at radius 2 is 1.10 bits per heavy atom. The topological polar surface area (TPSA) is 34.2 Å². The van der Waals surface area contributed by atoms with Crippen LogP contribution in [0.3, 0.4) is 0 Å². The van der Waals surface area contributed by atoms with Gasteiger partial charge in [0, 0.05) is 11.1 Å². The van der Waals surface area contributed by atoms with Gasteiger partial charge in [0.05, 0.1) is 0 Å². The first-order valence-corrected chi connectivity index (χ1v) is 27.3. The van der Waals surface area contributed by atoms with Crippen LogP contribution in [-0.4, -0.2) is 30.5 Å². The molecule has 0 bridgehead atoms. The van der Waals surface area contributed by atoms with Crippen molar-refractivity contribution in [2.24, 2.45) is 0 Å². The van der Waals surface area contributed by atoms with Gasteiger partial charge in [0.25, 0.3) is 0 Å². The molecule has 0 N–H and O–H groups in total. The molecule has 0 aliphatic carbocycles. The SMILES string of the molecule is CC(C)(C)c1cc(-c2cccc(-c3ccccc3)c2-[n+]2cn(-c3cccc(Oc4ccc5c(c4)N(c4cc(C(C)(C)C)ccn4)c4ccc(-c6ccccc6)cc4[Te]5)c3)c3ccccc32)cc(C(C)(C)C)c1. The third-order valence-corrected chi connectivity index (χ3v) is 17.0. The molecule has 0 atom stereocenters. The smallest absolute Gasteiger partial charge is 0.0132 e. The molecule has 5 nitrogen and oxygen atoms in total. The van der Waals surface area contributed by atoms with Gasteiger partial charge in [-0.05, 0) is 33.1 Å². The van der Waals surface area contributed by atoms with Crippen molar-refractivity contribution in [2.75, 3.05) is 4.90 Å². The van der Waals surface area contributed by atoms with Crippen molar-refractivity contribution in [1.29, 1.82) is 0 Å². The number of aromatic nitrogens is 3. The van der Waals surface area contributed by atoms with E-state index < -0.39 is 20.9 Å². The molecule has 0 saturated carbocycles. The van der Waals surface area contributed by atoms with Crippen LogP contribution >= 0.6 is 0 Å². The van der Waals surface area contributed by atoms with Crippen LogP contribution in [0, 0.1) is 0 Å². The molecule has 8 aromatic carbocycles. The summed E-state index contributed by atoms with van der Waals surface area (Å²) in [6.45, 7) is 20.7. The summed E-state index contributed by atoms with van der Waals surface area (Å²) in [7, 11) is 0. The molecule has 0 amide bonds. The number of para-hydroxylation sites is 3. The van der Waals surface area contributed by atoms with E-state index in [0.29, 0.717) is 0 Å². The summed E-state index contributed by atoms with van der Waals surface area (Å²) >= 11 is -0.746. The van der Waals surface area contributed by atoms with E-state index in [2.05, 4.69) is 277 Å². The van der Waals surface area contributed by atoms with E-state index in [9.17, 15) is 0 Å². The van der Waals surface area contributed by atoms with Gasteiger partial charge in [-0.25, -0.2) is 0 Å². The average molecular weight is 1050 g/mol. The number of pyridine rings is 1. The van der Waals surface area contributed by atoms with Gasteiger partial charge in [-0.3, -0.25) is 0 Å². The maximum atomic E-state index is 6.92. The van der Waals surface area contributed by atoms with E-state index in [1.54, 1.807) is 0 Å². The van der Waals surface area contributed by atoms with E-state index in [1.807, 2.05) is 6.20 Å². The zero-order valence-electron chi connectivity index (χ0n) is 42.7. The first kappa shape index (κ1) is 47.1. The molecule has 11 rings (SSSR count). The van der Waals surface area contributed by atoms with Crippen LogP contribution in [-0.2, 0) is 16.2 Å². The minimum atomic E-state index is -0.746. The minimum absolute atomic E-state index is 0.0303. The van der Waals surface area contributed by atoms with Gasteiger partial charge in [-0.1, -0.05) is 114 Å². The van der Waals surface area contributed by atoms with Crippen molar-refractivity contribution in [1.82, 2.24) is 9.55 Å². The zero-order valence-corrected chi connectivity index (χ0v) is 45.1. The number of nitrogens with zero attached hydrogens (tertiary/aromatic N) is 4. The van der Waals surface area contributed by atoms with Gasteiger partial charge in [0.1, 0.15) is 0 Å². The molecule has 1 aliphatic rings. The van der Waals surface area contributed by atoms with Crippen LogP contribution in [0.2, 0.25) is 0 Å². The zero-order chi connectivity index (χ0) is 49.9. The molecule has 0 saturated heterocycles. The van der Waals surface area contributed by atoms with Crippen molar-refractivity contribution in [3.05, 3.63) is 223 Å². The van der Waals surface area contributed by atoms with E-state index in [1.165, 1.54) is 63.0 Å². The van der Waals surface area contributed by atoms with Gasteiger partial charge in [0.2, 0.25) is 0 Å². The Morgan fingerprint density at radius 1 is 0.458 bits per heavy atom.